The number of piperidine rings is 1. The molecule has 0 saturated carbocycles. The minimum atomic E-state index is -0.715. The van der Waals surface area contributed by atoms with Crippen LogP contribution in [0.5, 0.6) is 0 Å². The number of likely N-dealkylation sites (tertiary alicyclic amines) is 1. The molecule has 2 nitrogen and oxygen atoms in total. The molecule has 0 radical (unpaired) electrons. The highest BCUT2D eigenvalue weighted by Gasteiger charge is 2.55. The molecule has 0 aliphatic carbocycles. The van der Waals surface area contributed by atoms with Crippen molar-refractivity contribution >= 4 is 0 Å². The zero-order chi connectivity index (χ0) is 18.2. The fourth-order valence-electron chi connectivity index (χ4n) is 5.20. The third-order valence-corrected chi connectivity index (χ3v) is 6.49. The number of nitrogens with zero attached hydrogens (tertiary/aromatic N) is 1. The molecule has 1 fully saturated rings. The van der Waals surface area contributed by atoms with Crippen molar-refractivity contribution in [2.24, 2.45) is 17.8 Å². The van der Waals surface area contributed by atoms with E-state index in [1.165, 1.54) is 11.1 Å². The van der Waals surface area contributed by atoms with Crippen molar-refractivity contribution in [3.63, 3.8) is 0 Å². The summed E-state index contributed by atoms with van der Waals surface area (Å²) in [6, 6.07) is 21.6. The number of aliphatic hydroxyl groups is 1. The van der Waals surface area contributed by atoms with E-state index in [-0.39, 0.29) is 29.8 Å². The van der Waals surface area contributed by atoms with Gasteiger partial charge in [0.05, 0.1) is 5.60 Å². The third-order valence-electron chi connectivity index (χ3n) is 6.49. The number of hydrogen-bond donors (Lipinski definition) is 1. The lowest BCUT2D eigenvalue weighted by Crippen LogP contribution is -2.60. The zero-order valence-electron chi connectivity index (χ0n) is 16.1. The van der Waals surface area contributed by atoms with Gasteiger partial charge in [-0.1, -0.05) is 88.4 Å². The molecule has 0 aromatic heterocycles. The highest BCUT2D eigenvalue weighted by Crippen LogP contribution is 2.54. The molecule has 3 rings (SSSR count). The molecule has 1 aliphatic rings. The van der Waals surface area contributed by atoms with Crippen LogP contribution in [0.25, 0.3) is 0 Å². The van der Waals surface area contributed by atoms with Gasteiger partial charge in [-0.05, 0) is 24.1 Å². The van der Waals surface area contributed by atoms with Gasteiger partial charge in [0.2, 0.25) is 0 Å². The highest BCUT2D eigenvalue weighted by atomic mass is 16.3. The van der Waals surface area contributed by atoms with Crippen LogP contribution < -0.4 is 0 Å². The lowest BCUT2D eigenvalue weighted by Gasteiger charge is -2.58. The number of benzene rings is 2. The van der Waals surface area contributed by atoms with Crippen LogP contribution in [0.2, 0.25) is 0 Å². The monoisotopic (exact) mass is 337 g/mol. The first-order chi connectivity index (χ1) is 11.9. The van der Waals surface area contributed by atoms with Crippen molar-refractivity contribution in [3.8, 4) is 0 Å². The Balaban J connectivity index is 2.13. The second kappa shape index (κ2) is 6.93. The van der Waals surface area contributed by atoms with E-state index in [0.717, 1.165) is 0 Å². The molecule has 134 valence electrons. The zero-order valence-corrected chi connectivity index (χ0v) is 16.1. The van der Waals surface area contributed by atoms with Crippen LogP contribution in [-0.4, -0.2) is 22.7 Å². The average molecular weight is 338 g/mol. The standard InChI is InChI=1S/C23H31NO/c1-16(2)23(25)17(3)21(19-12-8-6-9-13-19)24(5)22(18(23)4)20-14-10-7-11-15-20/h6-18,21-22,25H,1-5H3/t17-,18-,21-,22+,23?/m1/s1. The molecule has 1 aliphatic heterocycles. The summed E-state index contributed by atoms with van der Waals surface area (Å²) >= 11 is 0. The minimum Gasteiger partial charge on any atom is -0.389 e. The van der Waals surface area contributed by atoms with Gasteiger partial charge >= 0.3 is 0 Å². The van der Waals surface area contributed by atoms with Crippen molar-refractivity contribution in [3.05, 3.63) is 71.8 Å². The van der Waals surface area contributed by atoms with Gasteiger partial charge in [-0.2, -0.15) is 0 Å². The lowest BCUT2D eigenvalue weighted by atomic mass is 9.61. The molecule has 2 heteroatoms. The predicted octanol–water partition coefficient (Wildman–Crippen LogP) is 5.07. The molecule has 5 atom stereocenters. The first-order valence-electron chi connectivity index (χ1n) is 9.43. The van der Waals surface area contributed by atoms with Crippen LogP contribution in [0, 0.1) is 17.8 Å². The van der Waals surface area contributed by atoms with E-state index < -0.39 is 5.60 Å². The van der Waals surface area contributed by atoms with Crippen LogP contribution in [0.4, 0.5) is 0 Å². The van der Waals surface area contributed by atoms with Crippen molar-refractivity contribution in [1.29, 1.82) is 0 Å². The first-order valence-corrected chi connectivity index (χ1v) is 9.43. The van der Waals surface area contributed by atoms with Gasteiger partial charge in [0.15, 0.2) is 0 Å². The summed E-state index contributed by atoms with van der Waals surface area (Å²) in [6.45, 7) is 8.74. The van der Waals surface area contributed by atoms with E-state index in [0.29, 0.717) is 0 Å². The molecule has 1 unspecified atom stereocenters. The Hall–Kier alpha value is -1.64. The molecule has 2 aromatic carbocycles. The van der Waals surface area contributed by atoms with E-state index in [1.54, 1.807) is 0 Å². The molecular formula is C23H31NO. The Morgan fingerprint density at radius 1 is 0.800 bits per heavy atom. The Morgan fingerprint density at radius 3 is 1.48 bits per heavy atom. The largest absolute Gasteiger partial charge is 0.389 e. The van der Waals surface area contributed by atoms with Crippen LogP contribution in [0.1, 0.15) is 50.9 Å². The lowest BCUT2D eigenvalue weighted by molar-refractivity contribution is -0.179. The first kappa shape index (κ1) is 18.2. The normalized spacial score (nSPS) is 33.6. The topological polar surface area (TPSA) is 23.5 Å². The highest BCUT2D eigenvalue weighted by molar-refractivity contribution is 5.28. The molecule has 0 amide bonds. The predicted molar refractivity (Wildman–Crippen MR) is 104 cm³/mol. The molecule has 1 heterocycles. The van der Waals surface area contributed by atoms with E-state index in [1.807, 2.05) is 0 Å². The van der Waals surface area contributed by atoms with Gasteiger partial charge in [0.1, 0.15) is 0 Å². The summed E-state index contributed by atoms with van der Waals surface area (Å²) in [5, 5.41) is 11.8. The van der Waals surface area contributed by atoms with Gasteiger partial charge in [-0.15, -0.1) is 0 Å². The molecular weight excluding hydrogens is 306 g/mol. The molecule has 1 N–H and O–H groups in total. The molecule has 1 saturated heterocycles. The average Bonchev–Trinajstić information content (AvgIpc) is 2.62. The SMILES string of the molecule is CC(C)C1(O)[C@H](C)[C@@H](c2ccccc2)N(C)[C@@H](c2ccccc2)[C@H]1C. The Bertz CT molecular complexity index is 628. The second-order valence-corrected chi connectivity index (χ2v) is 8.00. The van der Waals surface area contributed by atoms with Crippen molar-refractivity contribution in [1.82, 2.24) is 4.90 Å². The summed E-state index contributed by atoms with van der Waals surface area (Å²) in [7, 11) is 2.21. The molecule has 2 aromatic rings. The van der Waals surface area contributed by atoms with Gasteiger partial charge in [-0.3, -0.25) is 4.90 Å². The number of hydrogen-bond acceptors (Lipinski definition) is 2. The molecule has 25 heavy (non-hydrogen) atoms. The Morgan fingerprint density at radius 2 is 1.16 bits per heavy atom. The van der Waals surface area contributed by atoms with Crippen LogP contribution in [0.15, 0.2) is 60.7 Å². The van der Waals surface area contributed by atoms with Gasteiger partial charge in [0, 0.05) is 23.9 Å². The van der Waals surface area contributed by atoms with Crippen molar-refractivity contribution in [2.75, 3.05) is 7.05 Å². The third kappa shape index (κ3) is 2.92. The van der Waals surface area contributed by atoms with E-state index in [2.05, 4.69) is 100 Å². The van der Waals surface area contributed by atoms with E-state index in [4.69, 9.17) is 0 Å². The maximum Gasteiger partial charge on any atom is 0.0757 e. The Kier molecular flexibility index (Phi) is 5.04. The van der Waals surface area contributed by atoms with Crippen molar-refractivity contribution < 1.29 is 5.11 Å². The summed E-state index contributed by atoms with van der Waals surface area (Å²) in [5.74, 6) is 0.494. The maximum absolute atomic E-state index is 11.8. The van der Waals surface area contributed by atoms with E-state index >= 15 is 0 Å². The number of rotatable bonds is 3. The van der Waals surface area contributed by atoms with E-state index in [9.17, 15) is 5.11 Å². The smallest absolute Gasteiger partial charge is 0.0757 e. The van der Waals surface area contributed by atoms with Gasteiger partial charge < -0.3 is 5.11 Å². The van der Waals surface area contributed by atoms with Crippen LogP contribution >= 0.6 is 0 Å². The second-order valence-electron chi connectivity index (χ2n) is 8.00. The fraction of sp³-hybridized carbons (Fsp3) is 0.478. The van der Waals surface area contributed by atoms with Crippen LogP contribution in [0.3, 0.4) is 0 Å². The van der Waals surface area contributed by atoms with Gasteiger partial charge in [0.25, 0.3) is 0 Å². The fourth-order valence-corrected chi connectivity index (χ4v) is 5.20. The van der Waals surface area contributed by atoms with Gasteiger partial charge in [-0.25, -0.2) is 0 Å². The summed E-state index contributed by atoms with van der Waals surface area (Å²) in [4.78, 5) is 2.47. The quantitative estimate of drug-likeness (QED) is 0.845. The maximum atomic E-state index is 11.8. The summed E-state index contributed by atoms with van der Waals surface area (Å²) in [5.41, 5.74) is 1.85. The summed E-state index contributed by atoms with van der Waals surface area (Å²) in [6.07, 6.45) is 0. The Labute approximate surface area is 152 Å². The van der Waals surface area contributed by atoms with Crippen molar-refractivity contribution in [2.45, 2.75) is 45.4 Å². The molecule has 0 bridgehead atoms. The summed E-state index contributed by atoms with van der Waals surface area (Å²) < 4.78 is 0. The minimum absolute atomic E-state index is 0.148. The van der Waals surface area contributed by atoms with Crippen LogP contribution in [-0.2, 0) is 0 Å². The molecule has 0 spiro atoms.